The molecule has 8 atom stereocenters. The van der Waals surface area contributed by atoms with E-state index in [9.17, 15) is 25.5 Å². The standard InChI is InChI=1S/C12H22O9/c1-2-18-5-3-20-12(10(16)7(5)13)21-6-4-19-11(17)9(15)8(6)14/h5-17H,2-4H2,1H3/t5-,6-,7?,8?,9?,10?,11-,12+/m1/s1. The molecule has 0 amide bonds. The van der Waals surface area contributed by atoms with Crippen molar-refractivity contribution in [3.63, 3.8) is 0 Å². The Morgan fingerprint density at radius 2 is 1.48 bits per heavy atom. The van der Waals surface area contributed by atoms with E-state index in [0.717, 1.165) is 0 Å². The van der Waals surface area contributed by atoms with Gasteiger partial charge in [-0.3, -0.25) is 0 Å². The van der Waals surface area contributed by atoms with Gasteiger partial charge in [-0.2, -0.15) is 0 Å². The second kappa shape index (κ2) is 7.27. The summed E-state index contributed by atoms with van der Waals surface area (Å²) in [6.45, 7) is 1.95. The van der Waals surface area contributed by atoms with Gasteiger partial charge in [-0.25, -0.2) is 0 Å². The van der Waals surface area contributed by atoms with E-state index in [2.05, 4.69) is 0 Å². The Bertz CT molecular complexity index is 328. The molecule has 2 fully saturated rings. The Labute approximate surface area is 121 Å². The Kier molecular flexibility index (Phi) is 5.88. The second-order valence-electron chi connectivity index (χ2n) is 5.06. The van der Waals surface area contributed by atoms with Gasteiger partial charge in [0.2, 0.25) is 0 Å². The van der Waals surface area contributed by atoms with Gasteiger partial charge in [0.15, 0.2) is 12.6 Å². The van der Waals surface area contributed by atoms with E-state index in [0.29, 0.717) is 6.61 Å². The maximum atomic E-state index is 9.95. The van der Waals surface area contributed by atoms with E-state index in [4.69, 9.17) is 18.9 Å². The van der Waals surface area contributed by atoms with Crippen LogP contribution in [0.2, 0.25) is 0 Å². The zero-order valence-corrected chi connectivity index (χ0v) is 11.6. The third-order valence-electron chi connectivity index (χ3n) is 3.58. The monoisotopic (exact) mass is 310 g/mol. The molecule has 0 aromatic rings. The molecule has 0 radical (unpaired) electrons. The highest BCUT2D eigenvalue weighted by Crippen LogP contribution is 2.24. The molecule has 124 valence electrons. The molecule has 0 spiro atoms. The summed E-state index contributed by atoms with van der Waals surface area (Å²) >= 11 is 0. The molecule has 21 heavy (non-hydrogen) atoms. The van der Waals surface area contributed by atoms with Crippen LogP contribution in [0.15, 0.2) is 0 Å². The van der Waals surface area contributed by atoms with Crippen molar-refractivity contribution >= 4 is 0 Å². The minimum atomic E-state index is -1.52. The van der Waals surface area contributed by atoms with E-state index in [1.165, 1.54) is 0 Å². The molecular weight excluding hydrogens is 288 g/mol. The van der Waals surface area contributed by atoms with E-state index in [1.54, 1.807) is 6.92 Å². The summed E-state index contributed by atoms with van der Waals surface area (Å²) < 4.78 is 20.7. The van der Waals surface area contributed by atoms with Gasteiger partial charge in [0.05, 0.1) is 13.2 Å². The topological polar surface area (TPSA) is 138 Å². The number of ether oxygens (including phenoxy) is 4. The highest BCUT2D eigenvalue weighted by molar-refractivity contribution is 4.87. The van der Waals surface area contributed by atoms with Crippen molar-refractivity contribution in [1.82, 2.24) is 0 Å². The van der Waals surface area contributed by atoms with Crippen LogP contribution >= 0.6 is 0 Å². The minimum absolute atomic E-state index is 0.0194. The van der Waals surface area contributed by atoms with Gasteiger partial charge in [0, 0.05) is 6.61 Å². The highest BCUT2D eigenvalue weighted by atomic mass is 16.7. The molecule has 0 saturated carbocycles. The number of rotatable bonds is 4. The van der Waals surface area contributed by atoms with Gasteiger partial charge in [-0.05, 0) is 6.92 Å². The first-order valence-corrected chi connectivity index (χ1v) is 6.86. The summed E-state index contributed by atoms with van der Waals surface area (Å²) in [5.74, 6) is 0. The van der Waals surface area contributed by atoms with Gasteiger partial charge in [0.25, 0.3) is 0 Å². The normalized spacial score (nSPS) is 48.3. The molecule has 0 bridgehead atoms. The molecule has 9 nitrogen and oxygen atoms in total. The highest BCUT2D eigenvalue weighted by Gasteiger charge is 2.44. The lowest BCUT2D eigenvalue weighted by atomic mass is 10.0. The van der Waals surface area contributed by atoms with E-state index in [-0.39, 0.29) is 13.2 Å². The minimum Gasteiger partial charge on any atom is -0.387 e. The second-order valence-corrected chi connectivity index (χ2v) is 5.06. The molecular formula is C12H22O9. The summed E-state index contributed by atoms with van der Waals surface area (Å²) in [4.78, 5) is 0. The molecule has 2 aliphatic rings. The fraction of sp³-hybridized carbons (Fsp3) is 1.00. The van der Waals surface area contributed by atoms with Crippen molar-refractivity contribution in [3.05, 3.63) is 0 Å². The van der Waals surface area contributed by atoms with Gasteiger partial charge in [-0.1, -0.05) is 0 Å². The zero-order valence-electron chi connectivity index (χ0n) is 11.6. The lowest BCUT2D eigenvalue weighted by Crippen LogP contribution is -2.59. The summed E-state index contributed by atoms with van der Waals surface area (Å²) in [5, 5.41) is 48.4. The fourth-order valence-corrected chi connectivity index (χ4v) is 2.32. The van der Waals surface area contributed by atoms with Crippen LogP contribution in [0, 0.1) is 0 Å². The molecule has 5 N–H and O–H groups in total. The molecule has 4 unspecified atom stereocenters. The van der Waals surface area contributed by atoms with Crippen LogP contribution in [0.5, 0.6) is 0 Å². The first-order chi connectivity index (χ1) is 9.95. The van der Waals surface area contributed by atoms with E-state index < -0.39 is 49.2 Å². The molecule has 9 heteroatoms. The van der Waals surface area contributed by atoms with Crippen LogP contribution in [0.1, 0.15) is 6.92 Å². The van der Waals surface area contributed by atoms with Crippen LogP contribution in [0.4, 0.5) is 0 Å². The number of aliphatic hydroxyl groups is 5. The molecule has 0 aromatic heterocycles. The largest absolute Gasteiger partial charge is 0.387 e. The summed E-state index contributed by atoms with van der Waals surface area (Å²) in [7, 11) is 0. The summed E-state index contributed by atoms with van der Waals surface area (Å²) in [6.07, 6.45) is -9.83. The first-order valence-electron chi connectivity index (χ1n) is 6.86. The van der Waals surface area contributed by atoms with Crippen LogP contribution < -0.4 is 0 Å². The third-order valence-corrected chi connectivity index (χ3v) is 3.58. The van der Waals surface area contributed by atoms with Crippen molar-refractivity contribution < 1.29 is 44.5 Å². The molecule has 2 rings (SSSR count). The van der Waals surface area contributed by atoms with Crippen LogP contribution in [0.3, 0.4) is 0 Å². The Hall–Kier alpha value is -0.360. The molecule has 0 aliphatic carbocycles. The van der Waals surface area contributed by atoms with Gasteiger partial charge in [-0.15, -0.1) is 0 Å². The predicted molar refractivity (Wildman–Crippen MR) is 66.0 cm³/mol. The van der Waals surface area contributed by atoms with Crippen molar-refractivity contribution in [2.45, 2.75) is 56.1 Å². The Morgan fingerprint density at radius 1 is 0.857 bits per heavy atom. The quantitative estimate of drug-likeness (QED) is 0.366. The van der Waals surface area contributed by atoms with Crippen LogP contribution in [-0.4, -0.2) is 94.6 Å². The summed E-state index contributed by atoms with van der Waals surface area (Å²) in [5.41, 5.74) is 0. The Balaban J connectivity index is 1.91. The van der Waals surface area contributed by atoms with Gasteiger partial charge in [0.1, 0.15) is 36.6 Å². The Morgan fingerprint density at radius 3 is 2.14 bits per heavy atom. The van der Waals surface area contributed by atoms with Crippen molar-refractivity contribution in [1.29, 1.82) is 0 Å². The van der Waals surface area contributed by atoms with Crippen molar-refractivity contribution in [2.24, 2.45) is 0 Å². The molecule has 2 aliphatic heterocycles. The van der Waals surface area contributed by atoms with Gasteiger partial charge < -0.3 is 44.5 Å². The van der Waals surface area contributed by atoms with E-state index >= 15 is 0 Å². The smallest absolute Gasteiger partial charge is 0.186 e. The lowest BCUT2D eigenvalue weighted by Gasteiger charge is -2.41. The first kappa shape index (κ1) is 17.0. The predicted octanol–water partition coefficient (Wildman–Crippen LogP) is -3.07. The fourth-order valence-electron chi connectivity index (χ4n) is 2.32. The zero-order chi connectivity index (χ0) is 15.6. The lowest BCUT2D eigenvalue weighted by molar-refractivity contribution is -0.325. The van der Waals surface area contributed by atoms with Crippen LogP contribution in [-0.2, 0) is 18.9 Å². The average molecular weight is 310 g/mol. The average Bonchev–Trinajstić information content (AvgIpc) is 2.47. The molecule has 0 aromatic carbocycles. The number of hydrogen-bond donors (Lipinski definition) is 5. The number of aliphatic hydroxyl groups excluding tert-OH is 5. The van der Waals surface area contributed by atoms with Crippen LogP contribution in [0.25, 0.3) is 0 Å². The summed E-state index contributed by atoms with van der Waals surface area (Å²) in [6, 6.07) is 0. The van der Waals surface area contributed by atoms with Crippen molar-refractivity contribution in [2.75, 3.05) is 19.8 Å². The third kappa shape index (κ3) is 3.70. The maximum Gasteiger partial charge on any atom is 0.186 e. The maximum absolute atomic E-state index is 9.95. The molecule has 2 heterocycles. The number of hydrogen-bond acceptors (Lipinski definition) is 9. The van der Waals surface area contributed by atoms with E-state index in [1.807, 2.05) is 0 Å². The molecule has 2 saturated heterocycles. The van der Waals surface area contributed by atoms with Crippen molar-refractivity contribution in [3.8, 4) is 0 Å². The SMILES string of the molecule is CCO[C@@H]1CO[C@@H](O[C@@H]2CO[C@@H](O)C(O)C2O)C(O)C1O. The van der Waals surface area contributed by atoms with Gasteiger partial charge >= 0.3 is 0 Å².